The lowest BCUT2D eigenvalue weighted by Gasteiger charge is -2.04. The van der Waals surface area contributed by atoms with Gasteiger partial charge in [-0.2, -0.15) is 5.10 Å². The number of hydrogen-bond donors (Lipinski definition) is 0. The Morgan fingerprint density at radius 1 is 1.38 bits per heavy atom. The first kappa shape index (κ1) is 8.99. The molecule has 2 aromatic rings. The Hall–Kier alpha value is -0.580. The highest BCUT2D eigenvalue weighted by Gasteiger charge is 2.03. The van der Waals surface area contributed by atoms with Crippen molar-refractivity contribution in [2.75, 3.05) is 0 Å². The van der Waals surface area contributed by atoms with Crippen molar-refractivity contribution in [2.45, 2.75) is 19.8 Å². The van der Waals surface area contributed by atoms with Crippen LogP contribution >= 0.6 is 22.9 Å². The Labute approximate surface area is 91.4 Å². The molecule has 0 N–H and O–H groups in total. The number of rotatable bonds is 1. The zero-order valence-corrected chi connectivity index (χ0v) is 9.82. The molecule has 0 aliphatic heterocycles. The molecule has 0 radical (unpaired) electrons. The van der Waals surface area contributed by atoms with Crippen molar-refractivity contribution >= 4 is 33.8 Å². The van der Waals surface area contributed by atoms with Crippen LogP contribution in [0.5, 0.6) is 0 Å². The summed E-state index contributed by atoms with van der Waals surface area (Å²) in [5.74, 6) is 0.579. The van der Waals surface area contributed by atoms with Crippen molar-refractivity contribution in [2.24, 2.45) is 0 Å². The van der Waals surface area contributed by atoms with Crippen molar-refractivity contribution in [1.29, 1.82) is 0 Å². The fraction of sp³-hybridized carbons (Fsp3) is 0.300. The Morgan fingerprint density at radius 2 is 2.15 bits per heavy atom. The largest absolute Gasteiger partial charge is 0.204 e. The first-order chi connectivity index (χ1) is 6.18. The van der Waals surface area contributed by atoms with Crippen LogP contribution in [0.4, 0.5) is 0 Å². The Balaban J connectivity index is 2.66. The predicted octanol–water partition coefficient (Wildman–Crippen LogP) is 3.36. The topological polar surface area (TPSA) is 17.8 Å². The average molecular weight is 286 g/mol. The summed E-state index contributed by atoms with van der Waals surface area (Å²) in [5, 5.41) is 5.41. The molecule has 68 valence electrons. The minimum Gasteiger partial charge on any atom is -0.204 e. The summed E-state index contributed by atoms with van der Waals surface area (Å²) in [6.45, 7) is 4.41. The van der Waals surface area contributed by atoms with E-state index in [0.29, 0.717) is 5.92 Å². The van der Waals surface area contributed by atoms with Crippen LogP contribution in [0.15, 0.2) is 24.4 Å². The molecule has 0 saturated heterocycles. The van der Waals surface area contributed by atoms with Gasteiger partial charge in [-0.15, -0.1) is 0 Å². The van der Waals surface area contributed by atoms with Gasteiger partial charge in [-0.05, 0) is 17.5 Å². The lowest BCUT2D eigenvalue weighted by molar-refractivity contribution is 0.868. The second-order valence-electron chi connectivity index (χ2n) is 3.48. The molecular weight excluding hydrogens is 275 g/mol. The van der Waals surface area contributed by atoms with E-state index in [9.17, 15) is 0 Å². The summed E-state index contributed by atoms with van der Waals surface area (Å²) in [6, 6.07) is 6.51. The zero-order valence-electron chi connectivity index (χ0n) is 7.66. The van der Waals surface area contributed by atoms with Crippen LogP contribution in [0.2, 0.25) is 0 Å². The van der Waals surface area contributed by atoms with Crippen LogP contribution in [-0.4, -0.2) is 7.99 Å². The molecule has 0 unspecified atom stereocenters. The smallest absolute Gasteiger partial charge is 0.0851 e. The molecule has 13 heavy (non-hydrogen) atoms. The predicted molar refractivity (Wildman–Crippen MR) is 63.2 cm³/mol. The molecular formula is C10H11IN2. The molecule has 0 amide bonds. The average Bonchev–Trinajstić information content (AvgIpc) is 2.47. The molecule has 3 heteroatoms. The molecule has 0 atom stereocenters. The maximum atomic E-state index is 4.20. The molecule has 1 aromatic carbocycles. The lowest BCUT2D eigenvalue weighted by atomic mass is 10.0. The molecule has 1 aromatic heterocycles. The van der Waals surface area contributed by atoms with Gasteiger partial charge in [-0.25, -0.2) is 2.90 Å². The molecule has 1 heterocycles. The minimum atomic E-state index is 0.579. The zero-order chi connectivity index (χ0) is 9.42. The Kier molecular flexibility index (Phi) is 2.27. The van der Waals surface area contributed by atoms with Gasteiger partial charge in [0.25, 0.3) is 0 Å². The van der Waals surface area contributed by atoms with E-state index in [-0.39, 0.29) is 0 Å². The van der Waals surface area contributed by atoms with E-state index in [0.717, 1.165) is 0 Å². The molecule has 2 nitrogen and oxygen atoms in total. The van der Waals surface area contributed by atoms with E-state index >= 15 is 0 Å². The van der Waals surface area contributed by atoms with Gasteiger partial charge >= 0.3 is 0 Å². The highest BCUT2D eigenvalue weighted by Crippen LogP contribution is 2.21. The maximum Gasteiger partial charge on any atom is 0.0851 e. The SMILES string of the molecule is CC(C)c1ccc2cnn(I)c2c1. The van der Waals surface area contributed by atoms with Crippen molar-refractivity contribution in [1.82, 2.24) is 7.99 Å². The van der Waals surface area contributed by atoms with Gasteiger partial charge in [0.15, 0.2) is 0 Å². The van der Waals surface area contributed by atoms with Gasteiger partial charge in [0.1, 0.15) is 0 Å². The molecule has 0 fully saturated rings. The molecule has 0 aliphatic carbocycles. The maximum absolute atomic E-state index is 4.20. The van der Waals surface area contributed by atoms with Gasteiger partial charge in [0, 0.05) is 5.39 Å². The first-order valence-corrected chi connectivity index (χ1v) is 5.29. The van der Waals surface area contributed by atoms with E-state index in [1.807, 2.05) is 9.09 Å². The highest BCUT2D eigenvalue weighted by atomic mass is 127. The fourth-order valence-corrected chi connectivity index (χ4v) is 1.91. The summed E-state index contributed by atoms with van der Waals surface area (Å²) >= 11 is 2.20. The van der Waals surface area contributed by atoms with Gasteiger partial charge < -0.3 is 0 Å². The summed E-state index contributed by atoms with van der Waals surface area (Å²) in [7, 11) is 0. The third kappa shape index (κ3) is 1.57. The fourth-order valence-electron chi connectivity index (χ4n) is 1.36. The minimum absolute atomic E-state index is 0.579. The second kappa shape index (κ2) is 3.29. The summed E-state index contributed by atoms with van der Waals surface area (Å²) in [4.78, 5) is 0. The molecule has 0 saturated carbocycles. The van der Waals surface area contributed by atoms with E-state index in [2.05, 4.69) is 60.0 Å². The number of fused-ring (bicyclic) bond motifs is 1. The van der Waals surface area contributed by atoms with Crippen molar-refractivity contribution in [3.63, 3.8) is 0 Å². The van der Waals surface area contributed by atoms with Crippen molar-refractivity contribution < 1.29 is 0 Å². The van der Waals surface area contributed by atoms with Crippen LogP contribution in [0.3, 0.4) is 0 Å². The van der Waals surface area contributed by atoms with Gasteiger partial charge in [-0.3, -0.25) is 0 Å². The standard InChI is InChI=1S/C10H11IN2/c1-7(2)8-3-4-9-6-12-13(11)10(9)5-8/h3-7H,1-2H3. The number of aromatic nitrogens is 2. The third-order valence-electron chi connectivity index (χ3n) is 2.22. The second-order valence-corrected chi connectivity index (χ2v) is 4.39. The molecule has 0 aliphatic rings. The van der Waals surface area contributed by atoms with Crippen LogP contribution in [0.1, 0.15) is 25.3 Å². The third-order valence-corrected chi connectivity index (χ3v) is 2.99. The quantitative estimate of drug-likeness (QED) is 0.735. The first-order valence-electron chi connectivity index (χ1n) is 4.32. The number of nitrogens with zero attached hydrogens (tertiary/aromatic N) is 2. The molecule has 0 bridgehead atoms. The number of hydrogen-bond acceptors (Lipinski definition) is 1. The highest BCUT2D eigenvalue weighted by molar-refractivity contribution is 14.1. The van der Waals surface area contributed by atoms with Gasteiger partial charge in [0.05, 0.1) is 34.6 Å². The van der Waals surface area contributed by atoms with Crippen LogP contribution in [0.25, 0.3) is 10.9 Å². The normalized spacial score (nSPS) is 11.4. The molecule has 0 spiro atoms. The molecule has 2 rings (SSSR count). The summed E-state index contributed by atoms with van der Waals surface area (Å²) in [6.07, 6.45) is 1.89. The van der Waals surface area contributed by atoms with Crippen LogP contribution in [0, 0.1) is 0 Å². The van der Waals surface area contributed by atoms with Crippen molar-refractivity contribution in [3.8, 4) is 0 Å². The summed E-state index contributed by atoms with van der Waals surface area (Å²) in [5.41, 5.74) is 2.57. The Bertz CT molecular complexity index is 431. The van der Waals surface area contributed by atoms with Crippen LogP contribution in [-0.2, 0) is 0 Å². The van der Waals surface area contributed by atoms with Gasteiger partial charge in [-0.1, -0.05) is 26.0 Å². The lowest BCUT2D eigenvalue weighted by Crippen LogP contribution is -1.87. The monoisotopic (exact) mass is 286 g/mol. The van der Waals surface area contributed by atoms with E-state index in [1.54, 1.807) is 0 Å². The van der Waals surface area contributed by atoms with Crippen LogP contribution < -0.4 is 0 Å². The van der Waals surface area contributed by atoms with Gasteiger partial charge in [0.2, 0.25) is 0 Å². The van der Waals surface area contributed by atoms with Crippen molar-refractivity contribution in [3.05, 3.63) is 30.0 Å². The van der Waals surface area contributed by atoms with E-state index in [4.69, 9.17) is 0 Å². The summed E-state index contributed by atoms with van der Waals surface area (Å²) < 4.78 is 1.89. The van der Waals surface area contributed by atoms with E-state index in [1.165, 1.54) is 16.5 Å². The Morgan fingerprint density at radius 3 is 2.85 bits per heavy atom. The van der Waals surface area contributed by atoms with E-state index < -0.39 is 0 Å². The number of halogens is 1. The number of benzene rings is 1.